The molecule has 7 nitrogen and oxygen atoms in total. The number of aliphatic hydroxyl groups is 2. The molecule has 1 aliphatic heterocycles. The van der Waals surface area contributed by atoms with Crippen LogP contribution >= 0.6 is 11.6 Å². The van der Waals surface area contributed by atoms with Gasteiger partial charge in [-0.05, 0) is 112 Å². The summed E-state index contributed by atoms with van der Waals surface area (Å²) < 4.78 is 16.8. The summed E-state index contributed by atoms with van der Waals surface area (Å²) >= 11 is 6.38. The molecule has 0 amide bonds. The molecule has 0 radical (unpaired) electrons. The lowest BCUT2D eigenvalue weighted by atomic mass is 9.64. The molecule has 3 N–H and O–H groups in total. The first-order valence-corrected chi connectivity index (χ1v) is 18.9. The van der Waals surface area contributed by atoms with E-state index < -0.39 is 22.9 Å². The van der Waals surface area contributed by atoms with Gasteiger partial charge in [-0.3, -0.25) is 9.36 Å². The number of hydrogen-bond donors (Lipinski definition) is 3. The van der Waals surface area contributed by atoms with Crippen LogP contribution in [0.2, 0.25) is 5.02 Å². The lowest BCUT2D eigenvalue weighted by Gasteiger charge is -2.47. The van der Waals surface area contributed by atoms with Crippen LogP contribution in [0.5, 0.6) is 0 Å². The van der Waals surface area contributed by atoms with Crippen molar-refractivity contribution in [1.82, 2.24) is 14.5 Å². The number of fused-ring (bicyclic) bond motifs is 9. The standard InChI is InChI=1S/C42H49ClFN3O4/c1-27-7-6-19-41(2)34(16-20-42(41,51)26-46-21-17-29(18-22-46)47-38-11-4-3-10-37(38)45-40(47)50)31-15-13-28(23-30(48)14-12-27)24-32(31)39(49)25-33-35(43)8-5-9-36(33)44/h3-5,7-11,13,15,24,29-30,34,48,51H,6,12,14,16-23,25-26H2,1-2H3,(H,45,50). The van der Waals surface area contributed by atoms with Crippen molar-refractivity contribution in [2.24, 2.45) is 5.41 Å². The van der Waals surface area contributed by atoms with Gasteiger partial charge in [0.05, 0.1) is 22.7 Å². The van der Waals surface area contributed by atoms with Crippen molar-refractivity contribution in [3.05, 3.63) is 116 Å². The number of halogens is 2. The number of benzene rings is 3. The summed E-state index contributed by atoms with van der Waals surface area (Å²) in [5.74, 6) is -0.842. The van der Waals surface area contributed by atoms with Crippen LogP contribution in [0.25, 0.3) is 11.0 Å². The van der Waals surface area contributed by atoms with Crippen LogP contribution in [-0.2, 0) is 12.8 Å². The molecule has 1 aromatic heterocycles. The second kappa shape index (κ2) is 14.5. The summed E-state index contributed by atoms with van der Waals surface area (Å²) in [6, 6.07) is 18.3. The Bertz CT molecular complexity index is 1990. The number of H-pyrrole nitrogens is 1. The Morgan fingerprint density at radius 2 is 1.82 bits per heavy atom. The number of ketones is 1. The van der Waals surface area contributed by atoms with E-state index in [1.165, 1.54) is 17.7 Å². The van der Waals surface area contributed by atoms with Gasteiger partial charge in [0, 0.05) is 53.7 Å². The number of aromatic amines is 1. The fourth-order valence-corrected chi connectivity index (χ4v) is 9.57. The van der Waals surface area contributed by atoms with Gasteiger partial charge in [-0.25, -0.2) is 9.18 Å². The summed E-state index contributed by atoms with van der Waals surface area (Å²) in [6.07, 6.45) is 7.75. The zero-order chi connectivity index (χ0) is 35.9. The van der Waals surface area contributed by atoms with E-state index in [0.29, 0.717) is 37.8 Å². The van der Waals surface area contributed by atoms with Crippen LogP contribution in [0.1, 0.15) is 104 Å². The molecule has 4 aliphatic rings. The van der Waals surface area contributed by atoms with E-state index in [9.17, 15) is 24.2 Å². The van der Waals surface area contributed by atoms with Gasteiger partial charge in [0.25, 0.3) is 0 Å². The van der Waals surface area contributed by atoms with Gasteiger partial charge >= 0.3 is 5.69 Å². The Balaban J connectivity index is 1.19. The largest absolute Gasteiger partial charge is 0.393 e. The highest BCUT2D eigenvalue weighted by Crippen LogP contribution is 2.59. The van der Waals surface area contributed by atoms with E-state index in [1.54, 1.807) is 6.07 Å². The molecule has 270 valence electrons. The monoisotopic (exact) mass is 713 g/mol. The maximum atomic E-state index is 14.9. The van der Waals surface area contributed by atoms with Crippen molar-refractivity contribution in [2.75, 3.05) is 19.6 Å². The van der Waals surface area contributed by atoms with Crippen LogP contribution in [0.15, 0.2) is 77.1 Å². The molecular weight excluding hydrogens is 665 g/mol. The smallest absolute Gasteiger partial charge is 0.326 e. The number of allylic oxidation sites excluding steroid dienone is 2. The minimum Gasteiger partial charge on any atom is -0.393 e. The Morgan fingerprint density at radius 1 is 1.04 bits per heavy atom. The Kier molecular flexibility index (Phi) is 10.2. The van der Waals surface area contributed by atoms with Gasteiger partial charge in [0.1, 0.15) is 5.82 Å². The molecule has 4 unspecified atom stereocenters. The Labute approximate surface area is 304 Å². The number of aliphatic hydroxyl groups excluding tert-OH is 1. The lowest BCUT2D eigenvalue weighted by molar-refractivity contribution is -0.0870. The zero-order valence-corrected chi connectivity index (χ0v) is 30.4. The van der Waals surface area contributed by atoms with Gasteiger partial charge in [-0.1, -0.05) is 60.5 Å². The fraction of sp³-hybridized carbons (Fsp3) is 0.476. The number of Topliss-reactive ketones (excluding diaryl/α,β-unsaturated/α-hetero) is 1. The summed E-state index contributed by atoms with van der Waals surface area (Å²) in [5, 5.41) is 24.0. The van der Waals surface area contributed by atoms with Gasteiger partial charge in [0.15, 0.2) is 5.78 Å². The molecule has 0 spiro atoms. The average Bonchev–Trinajstić information content (AvgIpc) is 3.57. The highest BCUT2D eigenvalue weighted by atomic mass is 35.5. The highest BCUT2D eigenvalue weighted by Gasteiger charge is 2.57. The number of imidazole rings is 1. The number of carbonyl (C=O) groups is 1. The number of nitrogens with one attached hydrogen (secondary N) is 1. The molecule has 9 heteroatoms. The number of carbonyl (C=O) groups excluding carboxylic acids is 1. The number of β-amino-alcohol motifs (C(OH)–C–C–N with tert-alkyl or cyclic N) is 1. The Morgan fingerprint density at radius 3 is 2.61 bits per heavy atom. The molecule has 2 bridgehead atoms. The first-order valence-electron chi connectivity index (χ1n) is 18.5. The van der Waals surface area contributed by atoms with Crippen molar-refractivity contribution in [2.45, 2.75) is 102 Å². The molecule has 4 aromatic rings. The lowest BCUT2D eigenvalue weighted by Crippen LogP contribution is -2.54. The predicted molar refractivity (Wildman–Crippen MR) is 200 cm³/mol. The third-order valence-electron chi connectivity index (χ3n) is 12.4. The van der Waals surface area contributed by atoms with Crippen LogP contribution in [0, 0.1) is 11.2 Å². The molecule has 1 saturated carbocycles. The van der Waals surface area contributed by atoms with Crippen LogP contribution < -0.4 is 5.69 Å². The maximum absolute atomic E-state index is 14.9. The number of piperidine rings is 1. The topological polar surface area (TPSA) is 98.6 Å². The normalized spacial score (nSPS) is 26.6. The molecule has 1 saturated heterocycles. The SMILES string of the molecule is CC1=CCCC2(C)C(CCC2(O)CN2CCC(n3c(=O)[nH]c4ccccc43)CC2)c2ccc(cc2C(=O)Cc2c(F)cccc2Cl)CC(O)CC1. The molecular formula is C42H49ClFN3O4. The van der Waals surface area contributed by atoms with Crippen LogP contribution in [0.4, 0.5) is 4.39 Å². The fourth-order valence-electron chi connectivity index (χ4n) is 9.34. The second-order valence-corrected chi connectivity index (χ2v) is 16.0. The molecule has 3 aromatic carbocycles. The first-order chi connectivity index (χ1) is 24.5. The minimum atomic E-state index is -1.02. The van der Waals surface area contributed by atoms with Crippen molar-refractivity contribution in [1.29, 1.82) is 0 Å². The molecule has 2 fully saturated rings. The van der Waals surface area contributed by atoms with E-state index in [0.717, 1.165) is 67.4 Å². The van der Waals surface area contributed by atoms with Gasteiger partial charge in [0.2, 0.25) is 0 Å². The minimum absolute atomic E-state index is 0.0781. The van der Waals surface area contributed by atoms with Gasteiger partial charge < -0.3 is 20.1 Å². The molecule has 8 rings (SSSR count). The summed E-state index contributed by atoms with van der Waals surface area (Å²) in [7, 11) is 0. The molecule has 2 heterocycles. The van der Waals surface area contributed by atoms with Crippen LogP contribution in [-0.4, -0.2) is 61.8 Å². The first kappa shape index (κ1) is 35.8. The molecule has 4 atom stereocenters. The highest BCUT2D eigenvalue weighted by molar-refractivity contribution is 6.31. The molecule has 3 aliphatic carbocycles. The quantitative estimate of drug-likeness (QED) is 0.139. The predicted octanol–water partition coefficient (Wildman–Crippen LogP) is 7.92. The molecule has 51 heavy (non-hydrogen) atoms. The van der Waals surface area contributed by atoms with Crippen molar-refractivity contribution >= 4 is 28.4 Å². The van der Waals surface area contributed by atoms with E-state index in [2.05, 4.69) is 29.8 Å². The van der Waals surface area contributed by atoms with E-state index in [1.807, 2.05) is 47.0 Å². The third-order valence-corrected chi connectivity index (χ3v) is 12.8. The summed E-state index contributed by atoms with van der Waals surface area (Å²) in [5.41, 5.74) is 3.78. The number of hydrogen-bond acceptors (Lipinski definition) is 5. The number of aromatic nitrogens is 2. The third kappa shape index (κ3) is 7.00. The van der Waals surface area contributed by atoms with E-state index in [-0.39, 0.29) is 40.4 Å². The number of likely N-dealkylation sites (tertiary alicyclic amines) is 1. The summed E-state index contributed by atoms with van der Waals surface area (Å²) in [4.78, 5) is 32.5. The van der Waals surface area contributed by atoms with E-state index >= 15 is 0 Å². The van der Waals surface area contributed by atoms with E-state index in [4.69, 9.17) is 11.6 Å². The number of nitrogens with zero attached hydrogens (tertiary/aromatic N) is 2. The van der Waals surface area contributed by atoms with Crippen molar-refractivity contribution < 1.29 is 19.4 Å². The summed E-state index contributed by atoms with van der Waals surface area (Å²) in [6.45, 7) is 6.35. The van der Waals surface area contributed by atoms with Crippen molar-refractivity contribution in [3.8, 4) is 0 Å². The Hall–Kier alpha value is -3.56. The van der Waals surface area contributed by atoms with Crippen LogP contribution in [0.3, 0.4) is 0 Å². The zero-order valence-electron chi connectivity index (χ0n) is 29.6. The van der Waals surface area contributed by atoms with Gasteiger partial charge in [-0.15, -0.1) is 0 Å². The maximum Gasteiger partial charge on any atom is 0.326 e. The number of para-hydroxylation sites is 2. The number of rotatable bonds is 6. The average molecular weight is 714 g/mol. The van der Waals surface area contributed by atoms with Gasteiger partial charge in [-0.2, -0.15) is 0 Å². The second-order valence-electron chi connectivity index (χ2n) is 15.6. The van der Waals surface area contributed by atoms with Crippen molar-refractivity contribution in [3.63, 3.8) is 0 Å².